The zero-order chi connectivity index (χ0) is 18.5. The summed E-state index contributed by atoms with van der Waals surface area (Å²) < 4.78 is 0. The molecular weight excluding hydrogens is 334 g/mol. The summed E-state index contributed by atoms with van der Waals surface area (Å²) >= 11 is 0. The van der Waals surface area contributed by atoms with Gasteiger partial charge in [0.2, 0.25) is 0 Å². The van der Waals surface area contributed by atoms with Crippen molar-refractivity contribution in [1.29, 1.82) is 0 Å². The van der Waals surface area contributed by atoms with Gasteiger partial charge >= 0.3 is 0 Å². The van der Waals surface area contributed by atoms with Gasteiger partial charge in [-0.15, -0.1) is 0 Å². The Morgan fingerprint density at radius 2 is 1.56 bits per heavy atom. The number of amides is 1. The molecule has 4 rings (SSSR count). The molecule has 0 saturated heterocycles. The van der Waals surface area contributed by atoms with Crippen LogP contribution in [0.5, 0.6) is 0 Å². The van der Waals surface area contributed by atoms with Crippen LogP contribution in [0.4, 0.5) is 0 Å². The molecule has 2 N–H and O–H groups in total. The van der Waals surface area contributed by atoms with Crippen LogP contribution in [0.1, 0.15) is 17.0 Å². The van der Waals surface area contributed by atoms with Gasteiger partial charge in [0.05, 0.1) is 17.6 Å². The van der Waals surface area contributed by atoms with Gasteiger partial charge in [-0.1, -0.05) is 72.8 Å². The molecule has 0 aliphatic carbocycles. The third kappa shape index (κ3) is 3.96. The van der Waals surface area contributed by atoms with E-state index in [1.54, 1.807) is 0 Å². The van der Waals surface area contributed by atoms with E-state index in [0.717, 1.165) is 28.0 Å². The fourth-order valence-electron chi connectivity index (χ4n) is 2.96. The van der Waals surface area contributed by atoms with Crippen molar-refractivity contribution in [3.63, 3.8) is 0 Å². The number of hydrogen-bond acceptors (Lipinski definition) is 2. The fraction of sp³-hybridized carbons (Fsp3) is 0.0435. The number of nitrogens with zero attached hydrogens (tertiary/aromatic N) is 1. The van der Waals surface area contributed by atoms with E-state index in [9.17, 15) is 4.79 Å². The van der Waals surface area contributed by atoms with Gasteiger partial charge in [0.1, 0.15) is 5.82 Å². The molecule has 0 radical (unpaired) electrons. The van der Waals surface area contributed by atoms with Crippen LogP contribution < -0.4 is 5.32 Å². The zero-order valence-electron chi connectivity index (χ0n) is 14.7. The van der Waals surface area contributed by atoms with Crippen molar-refractivity contribution >= 4 is 28.6 Å². The van der Waals surface area contributed by atoms with Gasteiger partial charge in [0, 0.05) is 5.57 Å². The van der Waals surface area contributed by atoms with Gasteiger partial charge in [-0.2, -0.15) is 0 Å². The lowest BCUT2D eigenvalue weighted by Crippen LogP contribution is -2.24. The van der Waals surface area contributed by atoms with E-state index in [2.05, 4.69) is 15.3 Å². The molecule has 0 bridgehead atoms. The highest BCUT2D eigenvalue weighted by Gasteiger charge is 2.13. The lowest BCUT2D eigenvalue weighted by atomic mass is 10.0. The Labute approximate surface area is 157 Å². The lowest BCUT2D eigenvalue weighted by molar-refractivity contribution is -0.115. The number of imidazole rings is 1. The normalized spacial score (nSPS) is 11.5. The minimum Gasteiger partial charge on any atom is -0.345 e. The van der Waals surface area contributed by atoms with Gasteiger partial charge in [0.25, 0.3) is 5.91 Å². The maximum absolute atomic E-state index is 12.9. The maximum Gasteiger partial charge on any atom is 0.252 e. The molecule has 4 aromatic rings. The molecule has 0 aliphatic rings. The topological polar surface area (TPSA) is 57.8 Å². The third-order valence-corrected chi connectivity index (χ3v) is 4.29. The predicted octanol–water partition coefficient (Wildman–Crippen LogP) is 4.42. The Bertz CT molecular complexity index is 1050. The monoisotopic (exact) mass is 353 g/mol. The van der Waals surface area contributed by atoms with Crippen molar-refractivity contribution in [3.05, 3.63) is 102 Å². The summed E-state index contributed by atoms with van der Waals surface area (Å²) in [6.45, 7) is 0.340. The highest BCUT2D eigenvalue weighted by Crippen LogP contribution is 2.19. The van der Waals surface area contributed by atoms with E-state index in [1.807, 2.05) is 91.0 Å². The summed E-state index contributed by atoms with van der Waals surface area (Å²) in [6.07, 6.45) is 1.91. The van der Waals surface area contributed by atoms with Crippen LogP contribution in [0.25, 0.3) is 22.7 Å². The largest absolute Gasteiger partial charge is 0.345 e. The van der Waals surface area contributed by atoms with Crippen molar-refractivity contribution in [2.24, 2.45) is 0 Å². The van der Waals surface area contributed by atoms with Crippen LogP contribution in [0.2, 0.25) is 0 Å². The molecule has 1 aromatic heterocycles. The minimum absolute atomic E-state index is 0.134. The first kappa shape index (κ1) is 16.8. The minimum atomic E-state index is -0.134. The first-order chi connectivity index (χ1) is 13.3. The summed E-state index contributed by atoms with van der Waals surface area (Å²) in [4.78, 5) is 20.7. The number of fused-ring (bicyclic) bond motifs is 1. The molecule has 4 nitrogen and oxygen atoms in total. The lowest BCUT2D eigenvalue weighted by Gasteiger charge is -2.09. The Morgan fingerprint density at radius 3 is 2.30 bits per heavy atom. The molecule has 132 valence electrons. The molecule has 0 fully saturated rings. The van der Waals surface area contributed by atoms with Crippen LogP contribution >= 0.6 is 0 Å². The van der Waals surface area contributed by atoms with Gasteiger partial charge in [-0.25, -0.2) is 4.98 Å². The molecule has 1 amide bonds. The van der Waals surface area contributed by atoms with E-state index >= 15 is 0 Å². The Balaban J connectivity index is 1.58. The average Bonchev–Trinajstić information content (AvgIpc) is 3.15. The number of rotatable bonds is 5. The highest BCUT2D eigenvalue weighted by atomic mass is 16.1. The van der Waals surface area contributed by atoms with Gasteiger partial charge in [0.15, 0.2) is 0 Å². The molecule has 0 aliphatic heterocycles. The standard InChI is InChI=1S/C23H19N3O/c27-23(24-16-22-25-20-13-7-8-14-21(20)26-22)19(18-11-5-2-6-12-18)15-17-9-3-1-4-10-17/h1-15H,16H2,(H,24,27)(H,25,26)/b19-15+. The predicted molar refractivity (Wildman–Crippen MR) is 109 cm³/mol. The molecule has 3 aromatic carbocycles. The summed E-state index contributed by atoms with van der Waals surface area (Å²) in [5.41, 5.74) is 4.34. The second kappa shape index (κ2) is 7.70. The number of carbonyl (C=O) groups excluding carboxylic acids is 1. The van der Waals surface area contributed by atoms with Crippen LogP contribution in [0.3, 0.4) is 0 Å². The van der Waals surface area contributed by atoms with Crippen molar-refractivity contribution in [3.8, 4) is 0 Å². The second-order valence-corrected chi connectivity index (χ2v) is 6.22. The van der Waals surface area contributed by atoms with Gasteiger partial charge in [-0.3, -0.25) is 4.79 Å². The number of H-pyrrole nitrogens is 1. The first-order valence-corrected chi connectivity index (χ1v) is 8.83. The number of hydrogen-bond donors (Lipinski definition) is 2. The van der Waals surface area contributed by atoms with Crippen LogP contribution in [0.15, 0.2) is 84.9 Å². The molecule has 1 heterocycles. The second-order valence-electron chi connectivity index (χ2n) is 6.22. The fourth-order valence-corrected chi connectivity index (χ4v) is 2.96. The van der Waals surface area contributed by atoms with E-state index in [1.165, 1.54) is 0 Å². The quantitative estimate of drug-likeness (QED) is 0.412. The Hall–Kier alpha value is -3.66. The Kier molecular flexibility index (Phi) is 4.79. The third-order valence-electron chi connectivity index (χ3n) is 4.29. The number of para-hydroxylation sites is 2. The molecule has 4 heteroatoms. The maximum atomic E-state index is 12.9. The molecule has 0 unspecified atom stereocenters. The van der Waals surface area contributed by atoms with Crippen molar-refractivity contribution in [1.82, 2.24) is 15.3 Å². The van der Waals surface area contributed by atoms with Crippen LogP contribution in [0, 0.1) is 0 Å². The smallest absolute Gasteiger partial charge is 0.252 e. The Morgan fingerprint density at radius 1 is 0.889 bits per heavy atom. The molecule has 0 saturated carbocycles. The van der Waals surface area contributed by atoms with Crippen LogP contribution in [-0.2, 0) is 11.3 Å². The number of aromatic amines is 1. The summed E-state index contributed by atoms with van der Waals surface area (Å²) in [7, 11) is 0. The number of carbonyl (C=O) groups is 1. The zero-order valence-corrected chi connectivity index (χ0v) is 14.7. The van der Waals surface area contributed by atoms with E-state index in [0.29, 0.717) is 12.1 Å². The highest BCUT2D eigenvalue weighted by molar-refractivity contribution is 6.24. The van der Waals surface area contributed by atoms with Gasteiger partial charge in [-0.05, 0) is 29.3 Å². The SMILES string of the molecule is O=C(NCc1nc2ccccc2[nH]1)/C(=C/c1ccccc1)c1ccccc1. The molecule has 0 spiro atoms. The van der Waals surface area contributed by atoms with Crippen molar-refractivity contribution in [2.45, 2.75) is 6.54 Å². The number of benzene rings is 3. The number of aromatic nitrogens is 2. The molecule has 0 atom stereocenters. The first-order valence-electron chi connectivity index (χ1n) is 8.83. The van der Waals surface area contributed by atoms with E-state index < -0.39 is 0 Å². The average molecular weight is 353 g/mol. The molecular formula is C23H19N3O. The summed E-state index contributed by atoms with van der Waals surface area (Å²) in [5, 5.41) is 2.98. The van der Waals surface area contributed by atoms with E-state index in [-0.39, 0.29) is 5.91 Å². The van der Waals surface area contributed by atoms with Crippen molar-refractivity contribution in [2.75, 3.05) is 0 Å². The summed E-state index contributed by atoms with van der Waals surface area (Å²) in [5.74, 6) is 0.599. The summed E-state index contributed by atoms with van der Waals surface area (Å²) in [6, 6.07) is 27.3. The van der Waals surface area contributed by atoms with Crippen LogP contribution in [-0.4, -0.2) is 15.9 Å². The van der Waals surface area contributed by atoms with E-state index in [4.69, 9.17) is 0 Å². The van der Waals surface area contributed by atoms with Gasteiger partial charge < -0.3 is 10.3 Å². The number of nitrogens with one attached hydrogen (secondary N) is 2. The molecule has 27 heavy (non-hydrogen) atoms. The van der Waals surface area contributed by atoms with Crippen molar-refractivity contribution < 1.29 is 4.79 Å².